The lowest BCUT2D eigenvalue weighted by Gasteiger charge is -2.24. The molecule has 2 aliphatic rings. The van der Waals surface area contributed by atoms with Crippen molar-refractivity contribution in [3.8, 4) is 39.5 Å². The van der Waals surface area contributed by atoms with Gasteiger partial charge in [0, 0.05) is 11.1 Å². The maximum absolute atomic E-state index is 13.5. The quantitative estimate of drug-likeness (QED) is 0.158. The highest BCUT2D eigenvalue weighted by Crippen LogP contribution is 2.41. The van der Waals surface area contributed by atoms with Gasteiger partial charge in [0.15, 0.2) is 10.6 Å². The van der Waals surface area contributed by atoms with E-state index in [1.807, 2.05) is 102 Å². The highest BCUT2D eigenvalue weighted by Gasteiger charge is 2.26. The lowest BCUT2D eigenvalue weighted by molar-refractivity contribution is 0.535. The maximum Gasteiger partial charge on any atom is 0.284 e. The molecule has 3 N–H and O–H groups in total. The van der Waals surface area contributed by atoms with Gasteiger partial charge in [-0.15, -0.1) is 0 Å². The number of pyridine rings is 2. The molecule has 0 amide bonds. The van der Waals surface area contributed by atoms with Crippen molar-refractivity contribution < 1.29 is 4.42 Å². The number of benzene rings is 3. The Bertz CT molecular complexity index is 2300. The van der Waals surface area contributed by atoms with Crippen LogP contribution in [0.4, 0.5) is 0 Å². The minimum Gasteiger partial charge on any atom is -0.438 e. The van der Waals surface area contributed by atoms with Crippen molar-refractivity contribution in [2.24, 2.45) is 0 Å². The fourth-order valence-electron chi connectivity index (χ4n) is 5.15. The number of hydrogen-bond acceptors (Lipinski definition) is 6. The Kier molecular flexibility index (Phi) is 5.62. The predicted octanol–water partition coefficient (Wildman–Crippen LogP) is 7.17. The van der Waals surface area contributed by atoms with Crippen LogP contribution in [0.25, 0.3) is 61.3 Å². The van der Waals surface area contributed by atoms with Crippen LogP contribution in [0, 0.1) is 14.8 Å². The van der Waals surface area contributed by atoms with Crippen LogP contribution in [-0.2, 0) is 0 Å². The summed E-state index contributed by atoms with van der Waals surface area (Å²) in [6, 6.07) is 31.0. The second-order valence-corrected chi connectivity index (χ2v) is 10.1. The number of rotatable bonds is 3. The van der Waals surface area contributed by atoms with E-state index in [9.17, 15) is 4.79 Å². The molecular formula is C31H19N5O2S2. The zero-order valence-electron chi connectivity index (χ0n) is 20.8. The van der Waals surface area contributed by atoms with Gasteiger partial charge in [-0.05, 0) is 53.7 Å². The Hall–Kier alpha value is -4.99. The van der Waals surface area contributed by atoms with Crippen LogP contribution in [-0.4, -0.2) is 19.5 Å². The van der Waals surface area contributed by atoms with Crippen LogP contribution in [0.1, 0.15) is 0 Å². The van der Waals surface area contributed by atoms with Crippen molar-refractivity contribution in [2.75, 3.05) is 0 Å². The molecule has 0 radical (unpaired) electrons. The molecule has 0 aliphatic carbocycles. The van der Waals surface area contributed by atoms with E-state index in [0.29, 0.717) is 38.5 Å². The van der Waals surface area contributed by atoms with E-state index >= 15 is 0 Å². The summed E-state index contributed by atoms with van der Waals surface area (Å²) in [5, 5.41) is 9.98. The smallest absolute Gasteiger partial charge is 0.284 e. The SMILES string of the molecule is N=c1oc2ccccc2cc1-c1cc(-c2ccccc2)c2c3[nH]c(=S)[nH]c(=S)c3c(=O)nc-2n1-c1ccccc1. The fraction of sp³-hybridized carbons (Fsp3) is 0. The number of H-pyrrole nitrogens is 2. The first-order valence-electron chi connectivity index (χ1n) is 12.4. The van der Waals surface area contributed by atoms with Crippen LogP contribution in [0.15, 0.2) is 106 Å². The summed E-state index contributed by atoms with van der Waals surface area (Å²) >= 11 is 11.0. The van der Waals surface area contributed by atoms with Crippen LogP contribution in [0.2, 0.25) is 0 Å². The van der Waals surface area contributed by atoms with Crippen LogP contribution >= 0.6 is 24.4 Å². The van der Waals surface area contributed by atoms with Crippen LogP contribution in [0.5, 0.6) is 0 Å². The van der Waals surface area contributed by atoms with E-state index in [2.05, 4.69) is 15.0 Å². The average Bonchev–Trinajstić information content (AvgIpc) is 2.96. The zero-order valence-corrected chi connectivity index (χ0v) is 22.4. The Labute approximate surface area is 236 Å². The van der Waals surface area contributed by atoms with E-state index in [4.69, 9.17) is 34.3 Å². The average molecular weight is 558 g/mol. The summed E-state index contributed by atoms with van der Waals surface area (Å²) in [6.45, 7) is 0. The molecule has 0 spiro atoms. The second-order valence-electron chi connectivity index (χ2n) is 9.28. The van der Waals surface area contributed by atoms with E-state index in [0.717, 1.165) is 22.2 Å². The first kappa shape index (κ1) is 24.1. The summed E-state index contributed by atoms with van der Waals surface area (Å²) in [5.74, 6) is 0.402. The summed E-state index contributed by atoms with van der Waals surface area (Å²) in [4.78, 5) is 24.2. The molecule has 3 aromatic carbocycles. The molecule has 2 aromatic heterocycles. The third-order valence-electron chi connectivity index (χ3n) is 6.89. The van der Waals surface area contributed by atoms with Gasteiger partial charge in [-0.25, -0.2) is 0 Å². The molecule has 40 heavy (non-hydrogen) atoms. The highest BCUT2D eigenvalue weighted by atomic mass is 32.1. The summed E-state index contributed by atoms with van der Waals surface area (Å²) in [5.41, 5.74) is 4.97. The number of hydrogen-bond donors (Lipinski definition) is 3. The molecule has 0 unspecified atom stereocenters. The van der Waals surface area contributed by atoms with Crippen molar-refractivity contribution in [1.29, 1.82) is 5.41 Å². The van der Waals surface area contributed by atoms with Gasteiger partial charge in [0.2, 0.25) is 5.55 Å². The Morgan fingerprint density at radius 2 is 1.52 bits per heavy atom. The Morgan fingerprint density at radius 3 is 2.30 bits per heavy atom. The van der Waals surface area contributed by atoms with Gasteiger partial charge in [0.25, 0.3) is 5.56 Å². The van der Waals surface area contributed by atoms with Gasteiger partial charge in [-0.2, -0.15) is 4.98 Å². The summed E-state index contributed by atoms with van der Waals surface area (Å²) in [7, 11) is 0. The van der Waals surface area contributed by atoms with Gasteiger partial charge in [0.05, 0.1) is 22.3 Å². The van der Waals surface area contributed by atoms with Crippen molar-refractivity contribution in [3.63, 3.8) is 0 Å². The van der Waals surface area contributed by atoms with Crippen molar-refractivity contribution >= 4 is 46.3 Å². The second kappa shape index (κ2) is 9.33. The molecule has 9 heteroatoms. The molecule has 5 aromatic rings. The van der Waals surface area contributed by atoms with Crippen LogP contribution in [0.3, 0.4) is 0 Å². The maximum atomic E-state index is 13.5. The minimum atomic E-state index is -0.481. The molecule has 7 rings (SSSR count). The van der Waals surface area contributed by atoms with Gasteiger partial charge < -0.3 is 14.4 Å². The first-order chi connectivity index (χ1) is 19.5. The van der Waals surface area contributed by atoms with E-state index in [-0.39, 0.29) is 15.6 Å². The fourth-order valence-corrected chi connectivity index (χ4v) is 5.71. The number of nitrogens with zero attached hydrogens (tertiary/aromatic N) is 2. The van der Waals surface area contributed by atoms with Crippen molar-refractivity contribution in [1.82, 2.24) is 19.5 Å². The topological polar surface area (TPSA) is 103 Å². The molecule has 0 saturated heterocycles. The number of aromatic nitrogens is 4. The van der Waals surface area contributed by atoms with Gasteiger partial charge in [0.1, 0.15) is 15.6 Å². The highest BCUT2D eigenvalue weighted by molar-refractivity contribution is 7.72. The van der Waals surface area contributed by atoms with Gasteiger partial charge in [-0.1, -0.05) is 78.9 Å². The molecule has 2 aliphatic heterocycles. The van der Waals surface area contributed by atoms with Gasteiger partial charge in [-0.3, -0.25) is 14.8 Å². The molecule has 0 fully saturated rings. The Morgan fingerprint density at radius 1 is 0.825 bits per heavy atom. The normalized spacial score (nSPS) is 11.4. The molecule has 7 nitrogen and oxygen atoms in total. The number of aromatic amines is 2. The monoisotopic (exact) mass is 557 g/mol. The van der Waals surface area contributed by atoms with Gasteiger partial charge >= 0.3 is 0 Å². The van der Waals surface area contributed by atoms with Crippen molar-refractivity contribution in [3.05, 3.63) is 122 Å². The standard InChI is InChI=1S/C31H19N5O2S2/c32-27-21(15-18-11-7-8-14-23(18)38-27)22-16-20(17-9-3-1-4-10-17)24-26-25(30(39)35-31(40)33-26)29(37)34-28(24)36(22)19-12-5-2-6-13-19/h1-16,32H,(H2,33,35,39,40). The molecule has 0 atom stereocenters. The number of nitrogens with one attached hydrogen (secondary N) is 3. The molecule has 0 bridgehead atoms. The minimum absolute atomic E-state index is 0.00766. The van der Waals surface area contributed by atoms with Crippen molar-refractivity contribution in [2.45, 2.75) is 0 Å². The molecule has 4 heterocycles. The van der Waals surface area contributed by atoms with Crippen LogP contribution < -0.4 is 11.1 Å². The number of para-hydroxylation sites is 2. The summed E-state index contributed by atoms with van der Waals surface area (Å²) < 4.78 is 8.38. The third-order valence-corrected chi connectivity index (χ3v) is 7.40. The summed E-state index contributed by atoms with van der Waals surface area (Å²) in [6.07, 6.45) is 0. The largest absolute Gasteiger partial charge is 0.438 e. The van der Waals surface area contributed by atoms with E-state index < -0.39 is 5.56 Å². The van der Waals surface area contributed by atoms with E-state index in [1.165, 1.54) is 0 Å². The lowest BCUT2D eigenvalue weighted by atomic mass is 9.94. The lowest BCUT2D eigenvalue weighted by Crippen LogP contribution is -2.19. The zero-order chi connectivity index (χ0) is 27.4. The molecule has 0 saturated carbocycles. The number of fused-ring (bicyclic) bond motifs is 4. The Balaban J connectivity index is 1.76. The van der Waals surface area contributed by atoms with E-state index in [1.54, 1.807) is 0 Å². The molecule has 192 valence electrons. The third kappa shape index (κ3) is 3.83. The molecular weight excluding hydrogens is 539 g/mol. The predicted molar refractivity (Wildman–Crippen MR) is 161 cm³/mol. The first-order valence-corrected chi connectivity index (χ1v) is 13.3.